The standard InChI is InChI=1S/C18H29N3O2.2ClH/c1-14-5-7-15(8-6-14)16(21(2)3)13-20-17(22)18(23-4)9-11-19-12-10-18;;/h5-8,16,19H,9-13H2,1-4H3,(H,20,22);2*1H. The molecule has 1 saturated heterocycles. The van der Waals surface area contributed by atoms with Gasteiger partial charge in [0.25, 0.3) is 5.91 Å². The maximum absolute atomic E-state index is 12.7. The van der Waals surface area contributed by atoms with Gasteiger partial charge in [0.15, 0.2) is 0 Å². The monoisotopic (exact) mass is 391 g/mol. The number of piperidine rings is 1. The highest BCUT2D eigenvalue weighted by atomic mass is 35.5. The van der Waals surface area contributed by atoms with E-state index in [2.05, 4.69) is 46.7 Å². The molecule has 2 rings (SSSR count). The van der Waals surface area contributed by atoms with Crippen LogP contribution in [0, 0.1) is 6.92 Å². The molecule has 1 unspecified atom stereocenters. The number of benzene rings is 1. The molecule has 0 aromatic heterocycles. The molecular formula is C18H31Cl2N3O2. The average molecular weight is 392 g/mol. The smallest absolute Gasteiger partial charge is 0.252 e. The van der Waals surface area contributed by atoms with Crippen molar-refractivity contribution in [2.45, 2.75) is 31.4 Å². The van der Waals surface area contributed by atoms with E-state index in [9.17, 15) is 4.79 Å². The Morgan fingerprint density at radius 1 is 1.24 bits per heavy atom. The SMILES string of the molecule is COC1(C(=O)NCC(c2ccc(C)cc2)N(C)C)CCNCC1.Cl.Cl. The van der Waals surface area contributed by atoms with Gasteiger partial charge in [-0.2, -0.15) is 0 Å². The summed E-state index contributed by atoms with van der Waals surface area (Å²) < 4.78 is 5.59. The summed E-state index contributed by atoms with van der Waals surface area (Å²) in [6, 6.07) is 8.62. The molecule has 1 aromatic carbocycles. The first-order valence-corrected chi connectivity index (χ1v) is 8.26. The third-order valence-electron chi connectivity index (χ3n) is 4.76. The minimum absolute atomic E-state index is 0. The molecule has 0 aliphatic carbocycles. The van der Waals surface area contributed by atoms with E-state index in [4.69, 9.17) is 4.74 Å². The molecule has 0 saturated carbocycles. The Bertz CT molecular complexity index is 518. The number of rotatable bonds is 6. The van der Waals surface area contributed by atoms with Crippen LogP contribution in [0.25, 0.3) is 0 Å². The van der Waals surface area contributed by atoms with E-state index in [-0.39, 0.29) is 36.8 Å². The lowest BCUT2D eigenvalue weighted by atomic mass is 9.91. The summed E-state index contributed by atoms with van der Waals surface area (Å²) in [4.78, 5) is 14.8. The maximum atomic E-state index is 12.7. The number of halogens is 2. The van der Waals surface area contributed by atoms with Crippen molar-refractivity contribution in [2.24, 2.45) is 0 Å². The number of carbonyl (C=O) groups excluding carboxylic acids is 1. The van der Waals surface area contributed by atoms with Crippen LogP contribution < -0.4 is 10.6 Å². The fraction of sp³-hybridized carbons (Fsp3) is 0.611. The van der Waals surface area contributed by atoms with E-state index < -0.39 is 5.60 Å². The van der Waals surface area contributed by atoms with E-state index in [1.54, 1.807) is 7.11 Å². The van der Waals surface area contributed by atoms with Gasteiger partial charge in [-0.25, -0.2) is 0 Å². The minimum Gasteiger partial charge on any atom is -0.368 e. The van der Waals surface area contributed by atoms with Crippen molar-refractivity contribution in [1.29, 1.82) is 0 Å². The maximum Gasteiger partial charge on any atom is 0.252 e. The molecule has 1 fully saturated rings. The zero-order valence-corrected chi connectivity index (χ0v) is 17.1. The van der Waals surface area contributed by atoms with Gasteiger partial charge in [0, 0.05) is 13.7 Å². The van der Waals surface area contributed by atoms with Gasteiger partial charge in [-0.15, -0.1) is 24.8 Å². The van der Waals surface area contributed by atoms with Crippen molar-refractivity contribution in [1.82, 2.24) is 15.5 Å². The highest BCUT2D eigenvalue weighted by molar-refractivity contribution is 5.86. The van der Waals surface area contributed by atoms with E-state index in [1.807, 2.05) is 14.1 Å². The van der Waals surface area contributed by atoms with Gasteiger partial charge in [-0.05, 0) is 52.5 Å². The average Bonchev–Trinajstić information content (AvgIpc) is 2.56. The second-order valence-corrected chi connectivity index (χ2v) is 6.55. The van der Waals surface area contributed by atoms with Gasteiger partial charge >= 0.3 is 0 Å². The number of nitrogens with one attached hydrogen (secondary N) is 2. The Morgan fingerprint density at radius 2 is 1.80 bits per heavy atom. The predicted octanol–water partition coefficient (Wildman–Crippen LogP) is 2.33. The number of nitrogens with zero attached hydrogens (tertiary/aromatic N) is 1. The van der Waals surface area contributed by atoms with Gasteiger partial charge in [0.1, 0.15) is 5.60 Å². The molecular weight excluding hydrogens is 361 g/mol. The van der Waals surface area contributed by atoms with Gasteiger partial charge in [-0.3, -0.25) is 4.79 Å². The predicted molar refractivity (Wildman–Crippen MR) is 107 cm³/mol. The minimum atomic E-state index is -0.685. The summed E-state index contributed by atoms with van der Waals surface area (Å²) in [5.41, 5.74) is 1.76. The molecule has 1 aromatic rings. The normalized spacial score (nSPS) is 17.2. The van der Waals surface area contributed by atoms with E-state index >= 15 is 0 Å². The number of hydrogen-bond acceptors (Lipinski definition) is 4. The fourth-order valence-electron chi connectivity index (χ4n) is 3.09. The molecule has 1 aliphatic rings. The molecule has 1 atom stereocenters. The molecule has 2 N–H and O–H groups in total. The molecule has 1 aliphatic heterocycles. The number of ether oxygens (including phenoxy) is 1. The van der Waals surface area contributed by atoms with Gasteiger partial charge < -0.3 is 20.3 Å². The number of amides is 1. The summed E-state index contributed by atoms with van der Waals surface area (Å²) in [6.45, 7) is 4.29. The van der Waals surface area contributed by atoms with Crippen molar-refractivity contribution >= 4 is 30.7 Å². The number of carbonyl (C=O) groups is 1. The number of likely N-dealkylation sites (N-methyl/N-ethyl adjacent to an activating group) is 1. The van der Waals surface area contributed by atoms with Crippen LogP contribution in [0.3, 0.4) is 0 Å². The lowest BCUT2D eigenvalue weighted by Gasteiger charge is -2.35. The molecule has 7 heteroatoms. The second-order valence-electron chi connectivity index (χ2n) is 6.55. The zero-order chi connectivity index (χ0) is 16.9. The molecule has 25 heavy (non-hydrogen) atoms. The van der Waals surface area contributed by atoms with E-state index in [1.165, 1.54) is 11.1 Å². The van der Waals surface area contributed by atoms with Crippen LogP contribution in [-0.4, -0.2) is 57.2 Å². The molecule has 0 radical (unpaired) electrons. The highest BCUT2D eigenvalue weighted by Crippen LogP contribution is 2.23. The van der Waals surface area contributed by atoms with Crippen LogP contribution in [0.5, 0.6) is 0 Å². The molecule has 0 spiro atoms. The third-order valence-corrected chi connectivity index (χ3v) is 4.76. The van der Waals surface area contributed by atoms with Crippen LogP contribution in [0.1, 0.15) is 30.0 Å². The summed E-state index contributed by atoms with van der Waals surface area (Å²) >= 11 is 0. The summed E-state index contributed by atoms with van der Waals surface area (Å²) in [5.74, 6) is 0.000427. The van der Waals surface area contributed by atoms with Crippen molar-refractivity contribution in [3.63, 3.8) is 0 Å². The largest absolute Gasteiger partial charge is 0.368 e. The lowest BCUT2D eigenvalue weighted by Crippen LogP contribution is -2.55. The number of aryl methyl sites for hydroxylation is 1. The zero-order valence-electron chi connectivity index (χ0n) is 15.5. The molecule has 1 heterocycles. The number of methoxy groups -OCH3 is 1. The van der Waals surface area contributed by atoms with Crippen LogP contribution >= 0.6 is 24.8 Å². The van der Waals surface area contributed by atoms with Gasteiger partial charge in [-0.1, -0.05) is 29.8 Å². The second kappa shape index (κ2) is 11.0. The van der Waals surface area contributed by atoms with Crippen molar-refractivity contribution < 1.29 is 9.53 Å². The third kappa shape index (κ3) is 6.12. The van der Waals surface area contributed by atoms with Crippen LogP contribution in [0.2, 0.25) is 0 Å². The summed E-state index contributed by atoms with van der Waals surface area (Å²) in [5, 5.41) is 6.38. The Morgan fingerprint density at radius 3 is 2.28 bits per heavy atom. The van der Waals surface area contributed by atoms with Crippen LogP contribution in [-0.2, 0) is 9.53 Å². The van der Waals surface area contributed by atoms with E-state index in [0.717, 1.165) is 13.1 Å². The summed E-state index contributed by atoms with van der Waals surface area (Å²) in [7, 11) is 5.70. The Balaban J connectivity index is 0.00000288. The van der Waals surface area contributed by atoms with Gasteiger partial charge in [0.05, 0.1) is 6.04 Å². The van der Waals surface area contributed by atoms with Crippen molar-refractivity contribution in [3.05, 3.63) is 35.4 Å². The van der Waals surface area contributed by atoms with Crippen LogP contribution in [0.15, 0.2) is 24.3 Å². The molecule has 0 bridgehead atoms. The first-order valence-electron chi connectivity index (χ1n) is 8.26. The Hall–Kier alpha value is -0.850. The first-order chi connectivity index (χ1) is 11.0. The first kappa shape index (κ1) is 24.1. The van der Waals surface area contributed by atoms with Crippen molar-refractivity contribution in [2.75, 3.05) is 40.8 Å². The molecule has 5 nitrogen and oxygen atoms in total. The molecule has 144 valence electrons. The molecule has 1 amide bonds. The fourth-order valence-corrected chi connectivity index (χ4v) is 3.09. The van der Waals surface area contributed by atoms with E-state index in [0.29, 0.717) is 19.4 Å². The van der Waals surface area contributed by atoms with Crippen molar-refractivity contribution in [3.8, 4) is 0 Å². The highest BCUT2D eigenvalue weighted by Gasteiger charge is 2.39. The quantitative estimate of drug-likeness (QED) is 0.780. The Kier molecular flexibility index (Phi) is 10.6. The van der Waals surface area contributed by atoms with Crippen LogP contribution in [0.4, 0.5) is 0 Å². The Labute approximate surface area is 163 Å². The topological polar surface area (TPSA) is 53.6 Å². The summed E-state index contributed by atoms with van der Waals surface area (Å²) in [6.07, 6.45) is 1.43. The lowest BCUT2D eigenvalue weighted by molar-refractivity contribution is -0.146. The van der Waals surface area contributed by atoms with Gasteiger partial charge in [0.2, 0.25) is 0 Å². The number of hydrogen-bond donors (Lipinski definition) is 2.